The molecule has 2 aromatic carbocycles. The Morgan fingerprint density at radius 2 is 2.00 bits per heavy atom. The molecular formula is C22H24N4O2. The van der Waals surface area contributed by atoms with Crippen molar-refractivity contribution >= 4 is 0 Å². The maximum atomic E-state index is 10.1. The standard InChI is InChI=1S/C22H24N4O2/c27-17-10-9-15-11-12-23-20(18(15)14-17)22-24-21(16-6-2-1-3-7-16)25-26(22)19-8-4-5-13-28-19/h1-3,6-7,9-10,14,19-20,23,27H,4-5,8,11-13H2. The summed E-state index contributed by atoms with van der Waals surface area (Å²) in [5.41, 5.74) is 3.29. The summed E-state index contributed by atoms with van der Waals surface area (Å²) in [4.78, 5) is 4.94. The highest BCUT2D eigenvalue weighted by molar-refractivity contribution is 5.54. The lowest BCUT2D eigenvalue weighted by Crippen LogP contribution is -2.34. The number of benzene rings is 2. The van der Waals surface area contributed by atoms with Gasteiger partial charge in [0, 0.05) is 18.7 Å². The van der Waals surface area contributed by atoms with Crippen LogP contribution in [0.25, 0.3) is 11.4 Å². The van der Waals surface area contributed by atoms with Gasteiger partial charge in [-0.2, -0.15) is 0 Å². The van der Waals surface area contributed by atoms with E-state index in [0.717, 1.165) is 55.8 Å². The average molecular weight is 376 g/mol. The van der Waals surface area contributed by atoms with E-state index in [1.807, 2.05) is 47.1 Å². The second-order valence-corrected chi connectivity index (χ2v) is 7.45. The van der Waals surface area contributed by atoms with Crippen molar-refractivity contribution in [2.45, 2.75) is 38.0 Å². The minimum atomic E-state index is -0.119. The first-order valence-corrected chi connectivity index (χ1v) is 9.98. The summed E-state index contributed by atoms with van der Waals surface area (Å²) in [7, 11) is 0. The van der Waals surface area contributed by atoms with Crippen molar-refractivity contribution in [2.75, 3.05) is 13.2 Å². The molecule has 28 heavy (non-hydrogen) atoms. The Hall–Kier alpha value is -2.70. The molecule has 0 saturated carbocycles. The zero-order valence-electron chi connectivity index (χ0n) is 15.7. The van der Waals surface area contributed by atoms with E-state index in [4.69, 9.17) is 14.8 Å². The molecule has 1 saturated heterocycles. The van der Waals surface area contributed by atoms with Crippen LogP contribution in [0, 0.1) is 0 Å². The maximum Gasteiger partial charge on any atom is 0.181 e. The highest BCUT2D eigenvalue weighted by atomic mass is 16.5. The fraction of sp³-hybridized carbons (Fsp3) is 0.364. The van der Waals surface area contributed by atoms with E-state index in [9.17, 15) is 5.11 Å². The van der Waals surface area contributed by atoms with Gasteiger partial charge in [-0.15, -0.1) is 5.10 Å². The molecule has 0 amide bonds. The van der Waals surface area contributed by atoms with E-state index >= 15 is 0 Å². The van der Waals surface area contributed by atoms with Gasteiger partial charge in [0.2, 0.25) is 0 Å². The number of aromatic hydroxyl groups is 1. The lowest BCUT2D eigenvalue weighted by molar-refractivity contribution is -0.0419. The topological polar surface area (TPSA) is 72.2 Å². The Bertz CT molecular complexity index is 964. The zero-order chi connectivity index (χ0) is 18.9. The van der Waals surface area contributed by atoms with E-state index < -0.39 is 0 Å². The molecule has 1 aromatic heterocycles. The van der Waals surface area contributed by atoms with Crippen LogP contribution in [0.1, 0.15) is 48.5 Å². The Kier molecular flexibility index (Phi) is 4.58. The molecule has 3 heterocycles. The Morgan fingerprint density at radius 1 is 1.11 bits per heavy atom. The van der Waals surface area contributed by atoms with Crippen molar-refractivity contribution < 1.29 is 9.84 Å². The monoisotopic (exact) mass is 376 g/mol. The fourth-order valence-corrected chi connectivity index (χ4v) is 4.14. The minimum Gasteiger partial charge on any atom is -0.508 e. The third-order valence-corrected chi connectivity index (χ3v) is 5.56. The second-order valence-electron chi connectivity index (χ2n) is 7.45. The molecule has 2 N–H and O–H groups in total. The van der Waals surface area contributed by atoms with Crippen molar-refractivity contribution in [3.8, 4) is 17.1 Å². The summed E-state index contributed by atoms with van der Waals surface area (Å²) in [5, 5.41) is 18.5. The number of aromatic nitrogens is 3. The Morgan fingerprint density at radius 3 is 2.82 bits per heavy atom. The molecule has 2 atom stereocenters. The molecule has 2 unspecified atom stereocenters. The number of nitrogens with zero attached hydrogens (tertiary/aromatic N) is 3. The van der Waals surface area contributed by atoms with Crippen LogP contribution in [0.4, 0.5) is 0 Å². The molecule has 0 spiro atoms. The number of rotatable bonds is 3. The highest BCUT2D eigenvalue weighted by Crippen LogP contribution is 2.34. The Balaban J connectivity index is 1.62. The van der Waals surface area contributed by atoms with E-state index in [2.05, 4.69) is 5.32 Å². The lowest BCUT2D eigenvalue weighted by Gasteiger charge is -2.29. The predicted octanol–water partition coefficient (Wildman–Crippen LogP) is 3.58. The minimum absolute atomic E-state index is 0.0989. The van der Waals surface area contributed by atoms with Crippen molar-refractivity contribution in [3.05, 3.63) is 65.5 Å². The molecule has 6 heteroatoms. The third kappa shape index (κ3) is 3.19. The van der Waals surface area contributed by atoms with Gasteiger partial charge in [0.15, 0.2) is 17.9 Å². The van der Waals surface area contributed by atoms with Gasteiger partial charge in [-0.3, -0.25) is 0 Å². The van der Waals surface area contributed by atoms with Gasteiger partial charge in [0.05, 0.1) is 6.04 Å². The summed E-state index contributed by atoms with van der Waals surface area (Å²) >= 11 is 0. The normalized spacial score (nSPS) is 22.0. The number of phenols is 1. The van der Waals surface area contributed by atoms with Crippen molar-refractivity contribution in [2.24, 2.45) is 0 Å². The molecule has 2 aliphatic heterocycles. The van der Waals surface area contributed by atoms with Crippen LogP contribution < -0.4 is 5.32 Å². The number of fused-ring (bicyclic) bond motifs is 1. The van der Waals surface area contributed by atoms with Crippen LogP contribution in [0.2, 0.25) is 0 Å². The SMILES string of the molecule is Oc1ccc2c(c1)C(c1nc(-c3ccccc3)nn1C1CCCCO1)NCC2. The maximum absolute atomic E-state index is 10.1. The molecular weight excluding hydrogens is 352 g/mol. The largest absolute Gasteiger partial charge is 0.508 e. The fourth-order valence-electron chi connectivity index (χ4n) is 4.14. The second kappa shape index (κ2) is 7.37. The molecule has 1 fully saturated rings. The quantitative estimate of drug-likeness (QED) is 0.731. The van der Waals surface area contributed by atoms with Crippen molar-refractivity contribution in [1.82, 2.24) is 20.1 Å². The van der Waals surface area contributed by atoms with Crippen LogP contribution in [-0.4, -0.2) is 33.0 Å². The van der Waals surface area contributed by atoms with E-state index in [0.29, 0.717) is 5.82 Å². The van der Waals surface area contributed by atoms with Crippen molar-refractivity contribution in [3.63, 3.8) is 0 Å². The van der Waals surface area contributed by atoms with Gasteiger partial charge >= 0.3 is 0 Å². The molecule has 3 aromatic rings. The van der Waals surface area contributed by atoms with Gasteiger partial charge in [0.1, 0.15) is 5.75 Å². The first-order valence-electron chi connectivity index (χ1n) is 9.98. The third-order valence-electron chi connectivity index (χ3n) is 5.56. The molecule has 5 rings (SSSR count). The van der Waals surface area contributed by atoms with Gasteiger partial charge in [-0.1, -0.05) is 36.4 Å². The Labute approximate surface area is 164 Å². The highest BCUT2D eigenvalue weighted by Gasteiger charge is 2.30. The van der Waals surface area contributed by atoms with Gasteiger partial charge in [-0.25, -0.2) is 9.67 Å². The lowest BCUT2D eigenvalue weighted by atomic mass is 9.93. The van der Waals surface area contributed by atoms with Crippen LogP contribution in [0.5, 0.6) is 5.75 Å². The summed E-state index contributed by atoms with van der Waals surface area (Å²) in [6.07, 6.45) is 3.98. The molecule has 2 aliphatic rings. The van der Waals surface area contributed by atoms with Gasteiger partial charge in [-0.05, 0) is 48.9 Å². The van der Waals surface area contributed by atoms with Gasteiger partial charge < -0.3 is 15.2 Å². The molecule has 0 radical (unpaired) electrons. The van der Waals surface area contributed by atoms with E-state index in [1.165, 1.54) is 5.56 Å². The van der Waals surface area contributed by atoms with Gasteiger partial charge in [0.25, 0.3) is 0 Å². The predicted molar refractivity (Wildman–Crippen MR) is 106 cm³/mol. The molecule has 0 aliphatic carbocycles. The van der Waals surface area contributed by atoms with Crippen LogP contribution >= 0.6 is 0 Å². The molecule has 0 bridgehead atoms. The number of ether oxygens (including phenoxy) is 1. The summed E-state index contributed by atoms with van der Waals surface area (Å²) < 4.78 is 8.00. The summed E-state index contributed by atoms with van der Waals surface area (Å²) in [6, 6.07) is 15.5. The number of hydrogen-bond acceptors (Lipinski definition) is 5. The van der Waals surface area contributed by atoms with Crippen LogP contribution in [0.15, 0.2) is 48.5 Å². The zero-order valence-corrected chi connectivity index (χ0v) is 15.7. The molecule has 144 valence electrons. The smallest absolute Gasteiger partial charge is 0.181 e. The number of hydrogen-bond donors (Lipinski definition) is 2. The van der Waals surface area contributed by atoms with Crippen LogP contribution in [-0.2, 0) is 11.2 Å². The molecule has 6 nitrogen and oxygen atoms in total. The van der Waals surface area contributed by atoms with Crippen molar-refractivity contribution in [1.29, 1.82) is 0 Å². The first-order chi connectivity index (χ1) is 13.8. The van der Waals surface area contributed by atoms with Crippen LogP contribution in [0.3, 0.4) is 0 Å². The number of nitrogens with one attached hydrogen (secondary N) is 1. The average Bonchev–Trinajstić information content (AvgIpc) is 3.20. The number of phenolic OH excluding ortho intramolecular Hbond substituents is 1. The van der Waals surface area contributed by atoms with E-state index in [-0.39, 0.29) is 18.0 Å². The summed E-state index contributed by atoms with van der Waals surface area (Å²) in [6.45, 7) is 1.61. The summed E-state index contributed by atoms with van der Waals surface area (Å²) in [5.74, 6) is 1.83. The van der Waals surface area contributed by atoms with E-state index in [1.54, 1.807) is 6.07 Å². The first kappa shape index (κ1) is 17.4.